The first-order chi connectivity index (χ1) is 6.79. The summed E-state index contributed by atoms with van der Waals surface area (Å²) in [7, 11) is 0. The van der Waals surface area contributed by atoms with Crippen LogP contribution in [-0.2, 0) is 0 Å². The molecule has 0 spiro atoms. The van der Waals surface area contributed by atoms with E-state index in [1.807, 2.05) is 11.0 Å². The molecule has 2 nitrogen and oxygen atoms in total. The van der Waals surface area contributed by atoms with E-state index in [4.69, 9.17) is 0 Å². The van der Waals surface area contributed by atoms with Crippen LogP contribution in [-0.4, -0.2) is 9.97 Å². The Morgan fingerprint density at radius 3 is 1.71 bits per heavy atom. The molecule has 0 unspecified atom stereocenters. The second-order valence-corrected chi connectivity index (χ2v) is 5.02. The summed E-state index contributed by atoms with van der Waals surface area (Å²) in [5.74, 6) is 0. The van der Waals surface area contributed by atoms with Crippen LogP contribution in [0.3, 0.4) is 0 Å². The minimum absolute atomic E-state index is 1.14. The highest BCUT2D eigenvalue weighted by Gasteiger charge is 2.12. The molecule has 0 amide bonds. The van der Waals surface area contributed by atoms with Crippen molar-refractivity contribution in [2.75, 3.05) is 0 Å². The molecule has 70 valence electrons. The maximum atomic E-state index is 4.41. The number of aryl methyl sites for hydroxylation is 2. The van der Waals surface area contributed by atoms with Crippen LogP contribution < -0.4 is 0 Å². The average molecular weight is 220 g/mol. The third-order valence-corrected chi connectivity index (χ3v) is 4.42. The van der Waals surface area contributed by atoms with Gasteiger partial charge < -0.3 is 0 Å². The number of fused-ring (bicyclic) bond motifs is 2. The molecule has 4 heteroatoms. The summed E-state index contributed by atoms with van der Waals surface area (Å²) in [5, 5.41) is 0. The molecule has 2 aromatic heterocycles. The Labute approximate surface area is 89.2 Å². The van der Waals surface area contributed by atoms with Crippen molar-refractivity contribution in [2.24, 2.45) is 0 Å². The molecule has 0 atom stereocenters. The van der Waals surface area contributed by atoms with Crippen LogP contribution in [0.2, 0.25) is 0 Å². The normalized spacial score (nSPS) is 11.6. The maximum Gasteiger partial charge on any atom is 0.0859 e. The smallest absolute Gasteiger partial charge is 0.0859 e. The van der Waals surface area contributed by atoms with Crippen molar-refractivity contribution in [1.82, 2.24) is 9.97 Å². The molecule has 0 saturated heterocycles. The number of nitrogens with zero attached hydrogens (tertiary/aromatic N) is 2. The van der Waals surface area contributed by atoms with Crippen molar-refractivity contribution in [3.8, 4) is 0 Å². The van der Waals surface area contributed by atoms with Gasteiger partial charge in [-0.3, -0.25) is 0 Å². The zero-order valence-electron chi connectivity index (χ0n) is 7.87. The molecule has 0 fully saturated rings. The molecule has 0 aliphatic rings. The van der Waals surface area contributed by atoms with Gasteiger partial charge >= 0.3 is 0 Å². The standard InChI is InChI=1S/C10H8N2S2/c1-5-7-10(14-3-11-7)6(2)8-9(5)13-4-12-8/h3-4H,1-2H3. The number of thiazole rings is 2. The number of hydrogen-bond donors (Lipinski definition) is 0. The third kappa shape index (κ3) is 0.898. The fourth-order valence-electron chi connectivity index (χ4n) is 1.77. The van der Waals surface area contributed by atoms with Crippen molar-refractivity contribution in [3.63, 3.8) is 0 Å². The molecular formula is C10H8N2S2. The second-order valence-electron chi connectivity index (χ2n) is 3.31. The largest absolute Gasteiger partial charge is 0.244 e. The highest BCUT2D eigenvalue weighted by molar-refractivity contribution is 7.18. The summed E-state index contributed by atoms with van der Waals surface area (Å²) in [6, 6.07) is 0. The Morgan fingerprint density at radius 2 is 1.29 bits per heavy atom. The van der Waals surface area contributed by atoms with Crippen molar-refractivity contribution in [1.29, 1.82) is 0 Å². The van der Waals surface area contributed by atoms with Gasteiger partial charge in [-0.1, -0.05) is 0 Å². The highest BCUT2D eigenvalue weighted by atomic mass is 32.1. The molecule has 0 aliphatic carbocycles. The summed E-state index contributed by atoms with van der Waals surface area (Å²) < 4.78 is 2.56. The zero-order chi connectivity index (χ0) is 9.71. The van der Waals surface area contributed by atoms with Crippen LogP contribution in [0.4, 0.5) is 0 Å². The Kier molecular flexibility index (Phi) is 1.63. The van der Waals surface area contributed by atoms with Crippen molar-refractivity contribution in [2.45, 2.75) is 13.8 Å². The van der Waals surface area contributed by atoms with Gasteiger partial charge in [0.2, 0.25) is 0 Å². The van der Waals surface area contributed by atoms with Gasteiger partial charge in [-0.2, -0.15) is 0 Å². The Morgan fingerprint density at radius 1 is 0.857 bits per heavy atom. The summed E-state index contributed by atoms with van der Waals surface area (Å²) >= 11 is 3.40. The fourth-order valence-corrected chi connectivity index (χ4v) is 3.48. The summed E-state index contributed by atoms with van der Waals surface area (Å²) in [4.78, 5) is 8.81. The number of hydrogen-bond acceptors (Lipinski definition) is 4. The van der Waals surface area contributed by atoms with E-state index in [-0.39, 0.29) is 0 Å². The highest BCUT2D eigenvalue weighted by Crippen LogP contribution is 2.34. The first-order valence-corrected chi connectivity index (χ1v) is 6.10. The molecule has 0 aliphatic heterocycles. The molecule has 14 heavy (non-hydrogen) atoms. The van der Waals surface area contributed by atoms with Crippen LogP contribution in [0.15, 0.2) is 11.0 Å². The van der Waals surface area contributed by atoms with Gasteiger partial charge in [-0.25, -0.2) is 9.97 Å². The lowest BCUT2D eigenvalue weighted by Gasteiger charge is -2.00. The molecule has 0 N–H and O–H groups in total. The molecule has 3 rings (SSSR count). The Bertz CT molecular complexity index is 519. The van der Waals surface area contributed by atoms with E-state index in [0.717, 1.165) is 11.0 Å². The number of aromatic nitrogens is 2. The van der Waals surface area contributed by atoms with Gasteiger partial charge in [0.15, 0.2) is 0 Å². The Hall–Kier alpha value is -1.00. The van der Waals surface area contributed by atoms with E-state index in [0.29, 0.717) is 0 Å². The van der Waals surface area contributed by atoms with Crippen LogP contribution in [0.1, 0.15) is 11.1 Å². The minimum atomic E-state index is 1.14. The lowest BCUT2D eigenvalue weighted by atomic mass is 10.1. The first-order valence-electron chi connectivity index (χ1n) is 4.34. The van der Waals surface area contributed by atoms with Crippen LogP contribution >= 0.6 is 22.7 Å². The fraction of sp³-hybridized carbons (Fsp3) is 0.200. The Balaban J connectivity index is 2.72. The molecular weight excluding hydrogens is 212 g/mol. The summed E-state index contributed by atoms with van der Waals surface area (Å²) in [6.07, 6.45) is 0. The number of rotatable bonds is 0. The zero-order valence-corrected chi connectivity index (χ0v) is 9.50. The third-order valence-electron chi connectivity index (χ3n) is 2.53. The van der Waals surface area contributed by atoms with E-state index < -0.39 is 0 Å². The van der Waals surface area contributed by atoms with Crippen molar-refractivity contribution < 1.29 is 0 Å². The average Bonchev–Trinajstić information content (AvgIpc) is 2.82. The SMILES string of the molecule is Cc1c2ncsc2c(C)c2ncsc12. The van der Waals surface area contributed by atoms with E-state index >= 15 is 0 Å². The minimum Gasteiger partial charge on any atom is -0.244 e. The topological polar surface area (TPSA) is 25.8 Å². The van der Waals surface area contributed by atoms with Gasteiger partial charge in [0.25, 0.3) is 0 Å². The van der Waals surface area contributed by atoms with Gasteiger partial charge in [0.1, 0.15) is 0 Å². The summed E-state index contributed by atoms with van der Waals surface area (Å²) in [6.45, 7) is 4.25. The maximum absolute atomic E-state index is 4.41. The molecule has 0 bridgehead atoms. The van der Waals surface area contributed by atoms with Crippen LogP contribution in [0.5, 0.6) is 0 Å². The van der Waals surface area contributed by atoms with Gasteiger partial charge in [0, 0.05) is 0 Å². The van der Waals surface area contributed by atoms with E-state index in [9.17, 15) is 0 Å². The molecule has 0 saturated carbocycles. The van der Waals surface area contributed by atoms with E-state index in [2.05, 4.69) is 23.8 Å². The monoisotopic (exact) mass is 220 g/mol. The molecule has 1 aromatic carbocycles. The molecule has 0 radical (unpaired) electrons. The first kappa shape index (κ1) is 8.32. The molecule has 2 heterocycles. The number of benzene rings is 1. The van der Waals surface area contributed by atoms with Gasteiger partial charge in [0.05, 0.1) is 31.5 Å². The lowest BCUT2D eigenvalue weighted by Crippen LogP contribution is -1.82. The van der Waals surface area contributed by atoms with Gasteiger partial charge in [-0.05, 0) is 25.0 Å². The van der Waals surface area contributed by atoms with E-state index in [1.54, 1.807) is 22.7 Å². The predicted octanol–water partition coefficient (Wildman–Crippen LogP) is 3.52. The lowest BCUT2D eigenvalue weighted by molar-refractivity contribution is 1.42. The molecule has 3 aromatic rings. The van der Waals surface area contributed by atoms with Crippen molar-refractivity contribution in [3.05, 3.63) is 22.1 Å². The summed E-state index contributed by atoms with van der Waals surface area (Å²) in [5.41, 5.74) is 8.64. The quantitative estimate of drug-likeness (QED) is 0.579. The van der Waals surface area contributed by atoms with Crippen LogP contribution in [0, 0.1) is 13.8 Å². The van der Waals surface area contributed by atoms with E-state index in [1.165, 1.54) is 20.5 Å². The van der Waals surface area contributed by atoms with Crippen molar-refractivity contribution >= 4 is 43.1 Å². The second kappa shape index (κ2) is 2.74. The predicted molar refractivity (Wildman–Crippen MR) is 62.3 cm³/mol. The van der Waals surface area contributed by atoms with Crippen LogP contribution in [0.25, 0.3) is 20.4 Å². The van der Waals surface area contributed by atoms with Gasteiger partial charge in [-0.15, -0.1) is 22.7 Å².